The number of aromatic nitrogens is 1. The molecule has 30 heavy (non-hydrogen) atoms. The summed E-state index contributed by atoms with van der Waals surface area (Å²) in [4.78, 5) is 21.5. The molecular weight excluding hydrogens is 376 g/mol. The lowest BCUT2D eigenvalue weighted by Crippen LogP contribution is -2.58. The molecule has 4 rings (SSSR count). The minimum atomic E-state index is -0.779. The maximum absolute atomic E-state index is 12.5. The van der Waals surface area contributed by atoms with Crippen LogP contribution in [0, 0.1) is 6.92 Å². The second kappa shape index (κ2) is 8.36. The van der Waals surface area contributed by atoms with Crippen molar-refractivity contribution in [2.75, 3.05) is 37.6 Å². The van der Waals surface area contributed by atoms with Gasteiger partial charge in [0.25, 0.3) is 0 Å². The van der Waals surface area contributed by atoms with Gasteiger partial charge in [0.1, 0.15) is 5.41 Å². The van der Waals surface area contributed by atoms with E-state index in [1.807, 2.05) is 18.2 Å². The van der Waals surface area contributed by atoms with Crippen LogP contribution in [0.5, 0.6) is 0 Å². The molecule has 2 aliphatic rings. The average molecular weight is 409 g/mol. The number of β-amino-alcohol motifs (C(OH)–C–C–N with tert-alkyl or cyclic N) is 1. The Bertz CT molecular complexity index is 863. The fraction of sp³-hybridized carbons (Fsp3) is 0.500. The molecular formula is C24H32N4O2. The van der Waals surface area contributed by atoms with Crippen LogP contribution >= 0.6 is 0 Å². The second-order valence-corrected chi connectivity index (χ2v) is 9.02. The molecule has 2 aliphatic heterocycles. The maximum Gasteiger partial charge on any atom is 0.230 e. The maximum atomic E-state index is 12.5. The molecule has 1 atom stereocenters. The summed E-state index contributed by atoms with van der Waals surface area (Å²) in [6.07, 6.45) is 4.71. The highest BCUT2D eigenvalue weighted by molar-refractivity contribution is 5.86. The van der Waals surface area contributed by atoms with Crippen molar-refractivity contribution < 1.29 is 9.90 Å². The van der Waals surface area contributed by atoms with Gasteiger partial charge in [0, 0.05) is 38.1 Å². The number of nitrogens with zero attached hydrogens (tertiary/aromatic N) is 3. The fourth-order valence-electron chi connectivity index (χ4n) is 4.97. The normalized spacial score (nSPS) is 24.5. The first-order valence-corrected chi connectivity index (χ1v) is 10.9. The highest BCUT2D eigenvalue weighted by Gasteiger charge is 2.45. The molecule has 1 aromatic heterocycles. The van der Waals surface area contributed by atoms with Crippen LogP contribution in [0.1, 0.15) is 36.9 Å². The Kier molecular flexibility index (Phi) is 5.80. The SMILES string of the molecule is Cc1ccc(N2CCC(O)(CN3CCC[C@](C(N)=O)(c4ccccn4)C3)CC2)cc1. The number of likely N-dealkylation sites (tertiary alicyclic amines) is 1. The number of piperidine rings is 2. The van der Waals surface area contributed by atoms with E-state index in [0.717, 1.165) is 31.7 Å². The first kappa shape index (κ1) is 20.8. The number of primary amides is 1. The molecule has 0 radical (unpaired) electrons. The molecule has 0 unspecified atom stereocenters. The van der Waals surface area contributed by atoms with E-state index in [4.69, 9.17) is 5.73 Å². The predicted octanol–water partition coefficient (Wildman–Crippen LogP) is 2.24. The van der Waals surface area contributed by atoms with Crippen molar-refractivity contribution in [3.8, 4) is 0 Å². The predicted molar refractivity (Wildman–Crippen MR) is 118 cm³/mol. The molecule has 6 nitrogen and oxygen atoms in total. The molecule has 0 bridgehead atoms. The average Bonchev–Trinajstić information content (AvgIpc) is 2.75. The zero-order chi connectivity index (χ0) is 21.2. The zero-order valence-corrected chi connectivity index (χ0v) is 17.8. The number of carbonyl (C=O) groups excluding carboxylic acids is 1. The van der Waals surface area contributed by atoms with E-state index in [2.05, 4.69) is 46.0 Å². The van der Waals surface area contributed by atoms with E-state index >= 15 is 0 Å². The van der Waals surface area contributed by atoms with E-state index in [1.54, 1.807) is 6.20 Å². The molecule has 2 aromatic rings. The van der Waals surface area contributed by atoms with Gasteiger partial charge in [0.2, 0.25) is 5.91 Å². The first-order chi connectivity index (χ1) is 14.4. The molecule has 1 aromatic carbocycles. The number of rotatable bonds is 5. The van der Waals surface area contributed by atoms with Gasteiger partial charge >= 0.3 is 0 Å². The van der Waals surface area contributed by atoms with E-state index < -0.39 is 11.0 Å². The Morgan fingerprint density at radius 1 is 1.10 bits per heavy atom. The summed E-state index contributed by atoms with van der Waals surface area (Å²) in [5, 5.41) is 11.3. The van der Waals surface area contributed by atoms with E-state index in [1.165, 1.54) is 11.3 Å². The third kappa shape index (κ3) is 4.20. The lowest BCUT2D eigenvalue weighted by molar-refractivity contribution is -0.126. The van der Waals surface area contributed by atoms with Gasteiger partial charge in [-0.1, -0.05) is 23.8 Å². The number of amides is 1. The lowest BCUT2D eigenvalue weighted by atomic mass is 9.75. The summed E-state index contributed by atoms with van der Waals surface area (Å²) >= 11 is 0. The summed E-state index contributed by atoms with van der Waals surface area (Å²) in [5.41, 5.74) is 7.56. The number of aryl methyl sites for hydroxylation is 1. The van der Waals surface area contributed by atoms with Gasteiger partial charge in [-0.3, -0.25) is 14.7 Å². The highest BCUT2D eigenvalue weighted by Crippen LogP contribution is 2.35. The summed E-state index contributed by atoms with van der Waals surface area (Å²) in [6.45, 7) is 5.70. The highest BCUT2D eigenvalue weighted by atomic mass is 16.3. The zero-order valence-electron chi connectivity index (χ0n) is 17.8. The van der Waals surface area contributed by atoms with Gasteiger partial charge in [-0.2, -0.15) is 0 Å². The van der Waals surface area contributed by atoms with Gasteiger partial charge in [0.05, 0.1) is 11.3 Å². The molecule has 1 amide bonds. The molecule has 160 valence electrons. The molecule has 0 aliphatic carbocycles. The number of carbonyl (C=O) groups is 1. The Hall–Kier alpha value is -2.44. The number of aliphatic hydroxyl groups is 1. The van der Waals surface area contributed by atoms with E-state index in [9.17, 15) is 9.90 Å². The van der Waals surface area contributed by atoms with Crippen LogP contribution in [0.2, 0.25) is 0 Å². The Balaban J connectivity index is 1.42. The smallest absolute Gasteiger partial charge is 0.230 e. The van der Waals surface area contributed by atoms with Gasteiger partial charge in [-0.15, -0.1) is 0 Å². The molecule has 2 fully saturated rings. The van der Waals surface area contributed by atoms with Crippen LogP contribution < -0.4 is 10.6 Å². The summed E-state index contributed by atoms with van der Waals surface area (Å²) in [5.74, 6) is -0.327. The number of hydrogen-bond acceptors (Lipinski definition) is 5. The van der Waals surface area contributed by atoms with E-state index in [-0.39, 0.29) is 5.91 Å². The number of pyridine rings is 1. The molecule has 0 saturated carbocycles. The monoisotopic (exact) mass is 408 g/mol. The van der Waals surface area contributed by atoms with Gasteiger partial charge in [-0.25, -0.2) is 0 Å². The van der Waals surface area contributed by atoms with Crippen molar-refractivity contribution in [2.24, 2.45) is 5.73 Å². The van der Waals surface area contributed by atoms with Crippen LogP contribution in [0.4, 0.5) is 5.69 Å². The van der Waals surface area contributed by atoms with Crippen molar-refractivity contribution in [3.63, 3.8) is 0 Å². The molecule has 2 saturated heterocycles. The fourth-order valence-corrected chi connectivity index (χ4v) is 4.97. The summed E-state index contributed by atoms with van der Waals surface area (Å²) in [6, 6.07) is 14.2. The first-order valence-electron chi connectivity index (χ1n) is 10.9. The largest absolute Gasteiger partial charge is 0.388 e. The standard InChI is InChI=1S/C24H32N4O2/c1-19-6-8-20(9-7-19)28-15-11-23(30,12-16-28)17-27-14-4-10-24(18-27,22(25)29)21-5-2-3-13-26-21/h2-3,5-9,13,30H,4,10-12,14-18H2,1H3,(H2,25,29)/t24-/m1/s1. The van der Waals surface area contributed by atoms with Crippen LogP contribution in [0.25, 0.3) is 0 Å². The lowest BCUT2D eigenvalue weighted by Gasteiger charge is -2.46. The molecule has 3 N–H and O–H groups in total. The van der Waals surface area contributed by atoms with Crippen LogP contribution in [0.3, 0.4) is 0 Å². The Morgan fingerprint density at radius 3 is 2.47 bits per heavy atom. The molecule has 0 spiro atoms. The van der Waals surface area contributed by atoms with Crippen molar-refractivity contribution in [1.82, 2.24) is 9.88 Å². The Morgan fingerprint density at radius 2 is 1.83 bits per heavy atom. The third-order valence-corrected chi connectivity index (χ3v) is 6.81. The number of hydrogen-bond donors (Lipinski definition) is 2. The Labute approximate surface area is 178 Å². The van der Waals surface area contributed by atoms with Crippen molar-refractivity contribution in [3.05, 3.63) is 59.9 Å². The number of benzene rings is 1. The van der Waals surface area contributed by atoms with Crippen molar-refractivity contribution >= 4 is 11.6 Å². The quantitative estimate of drug-likeness (QED) is 0.793. The second-order valence-electron chi connectivity index (χ2n) is 9.02. The molecule has 6 heteroatoms. The van der Waals surface area contributed by atoms with E-state index in [0.29, 0.717) is 32.4 Å². The van der Waals surface area contributed by atoms with Crippen molar-refractivity contribution in [2.45, 2.75) is 43.6 Å². The summed E-state index contributed by atoms with van der Waals surface area (Å²) in [7, 11) is 0. The third-order valence-electron chi connectivity index (χ3n) is 6.81. The van der Waals surface area contributed by atoms with Crippen LogP contribution in [-0.2, 0) is 10.2 Å². The minimum Gasteiger partial charge on any atom is -0.388 e. The molecule has 3 heterocycles. The summed E-state index contributed by atoms with van der Waals surface area (Å²) < 4.78 is 0. The van der Waals surface area contributed by atoms with Crippen LogP contribution in [-0.4, -0.2) is 59.2 Å². The van der Waals surface area contributed by atoms with Crippen molar-refractivity contribution in [1.29, 1.82) is 0 Å². The van der Waals surface area contributed by atoms with Gasteiger partial charge < -0.3 is 15.7 Å². The van der Waals surface area contributed by atoms with Gasteiger partial charge in [-0.05, 0) is 63.4 Å². The van der Waals surface area contributed by atoms with Gasteiger partial charge in [0.15, 0.2) is 0 Å². The minimum absolute atomic E-state index is 0.327. The van der Waals surface area contributed by atoms with Crippen LogP contribution in [0.15, 0.2) is 48.7 Å². The number of anilines is 1. The topological polar surface area (TPSA) is 82.7 Å². The number of nitrogens with two attached hydrogens (primary N) is 1.